The van der Waals surface area contributed by atoms with Crippen molar-refractivity contribution in [2.45, 2.75) is 38.4 Å². The average molecular weight is 160 g/mol. The first kappa shape index (κ1) is 8.25. The summed E-state index contributed by atoms with van der Waals surface area (Å²) < 4.78 is 11.2. The molecule has 0 aromatic heterocycles. The molecule has 1 fully saturated rings. The summed E-state index contributed by atoms with van der Waals surface area (Å²) in [5.41, 5.74) is 0. The lowest BCUT2D eigenvalue weighted by Crippen LogP contribution is -2.01. The number of hydrogen-bond acceptors (Lipinski definition) is 1. The summed E-state index contributed by atoms with van der Waals surface area (Å²) in [6.07, 6.45) is 3.71. The van der Waals surface area contributed by atoms with Crippen molar-refractivity contribution in [1.82, 2.24) is 0 Å². The molecule has 1 aliphatic rings. The molecule has 10 heavy (non-hydrogen) atoms. The molecule has 0 bridgehead atoms. The molecule has 0 aliphatic carbocycles. The van der Waals surface area contributed by atoms with Gasteiger partial charge in [0.05, 0.1) is 0 Å². The molecule has 60 valence electrons. The van der Waals surface area contributed by atoms with Crippen LogP contribution in [-0.4, -0.2) is 15.2 Å². The van der Waals surface area contributed by atoms with Crippen molar-refractivity contribution in [2.75, 3.05) is 5.75 Å². The van der Waals surface area contributed by atoms with E-state index >= 15 is 0 Å². The molecular formula is C8H16OS. The van der Waals surface area contributed by atoms with Crippen LogP contribution in [0.4, 0.5) is 0 Å². The van der Waals surface area contributed by atoms with Crippen molar-refractivity contribution in [3.8, 4) is 0 Å². The average Bonchev–Trinajstić information content (AvgIpc) is 2.14. The second kappa shape index (κ2) is 3.51. The van der Waals surface area contributed by atoms with Gasteiger partial charge in [0.25, 0.3) is 0 Å². The van der Waals surface area contributed by atoms with Crippen LogP contribution in [0.5, 0.6) is 0 Å². The minimum atomic E-state index is -0.499. The zero-order valence-corrected chi connectivity index (χ0v) is 7.62. The monoisotopic (exact) mass is 160 g/mol. The van der Waals surface area contributed by atoms with Crippen LogP contribution in [-0.2, 0) is 10.8 Å². The van der Waals surface area contributed by atoms with Crippen LogP contribution in [0.25, 0.3) is 0 Å². The second-order valence-electron chi connectivity index (χ2n) is 3.25. The zero-order chi connectivity index (χ0) is 7.56. The van der Waals surface area contributed by atoms with E-state index in [1.54, 1.807) is 0 Å². The topological polar surface area (TPSA) is 17.1 Å². The fourth-order valence-electron chi connectivity index (χ4n) is 1.65. The van der Waals surface area contributed by atoms with Gasteiger partial charge in [-0.05, 0) is 18.8 Å². The molecule has 3 unspecified atom stereocenters. The molecule has 0 amide bonds. The molecular weight excluding hydrogens is 144 g/mol. The first-order chi connectivity index (χ1) is 4.74. The maximum absolute atomic E-state index is 11.2. The van der Waals surface area contributed by atoms with Crippen molar-refractivity contribution in [2.24, 2.45) is 5.92 Å². The SMILES string of the molecule is CCCC1CC(C)S(=O)C1. The van der Waals surface area contributed by atoms with Gasteiger partial charge in [0.1, 0.15) is 0 Å². The summed E-state index contributed by atoms with van der Waals surface area (Å²) >= 11 is 0. The zero-order valence-electron chi connectivity index (χ0n) is 6.80. The van der Waals surface area contributed by atoms with E-state index in [-0.39, 0.29) is 0 Å². The second-order valence-corrected chi connectivity index (χ2v) is 5.15. The van der Waals surface area contributed by atoms with Crippen molar-refractivity contribution in [3.05, 3.63) is 0 Å². The lowest BCUT2D eigenvalue weighted by atomic mass is 10.0. The quantitative estimate of drug-likeness (QED) is 0.603. The van der Waals surface area contributed by atoms with Crippen molar-refractivity contribution in [1.29, 1.82) is 0 Å². The first-order valence-corrected chi connectivity index (χ1v) is 5.49. The predicted molar refractivity (Wildman–Crippen MR) is 45.5 cm³/mol. The molecule has 1 saturated heterocycles. The summed E-state index contributed by atoms with van der Waals surface area (Å²) in [5.74, 6) is 1.73. The molecule has 1 heterocycles. The van der Waals surface area contributed by atoms with Crippen LogP contribution in [0, 0.1) is 5.92 Å². The van der Waals surface area contributed by atoms with Crippen LogP contribution in [0.3, 0.4) is 0 Å². The van der Waals surface area contributed by atoms with Crippen LogP contribution in [0.15, 0.2) is 0 Å². The number of rotatable bonds is 2. The van der Waals surface area contributed by atoms with Gasteiger partial charge < -0.3 is 0 Å². The van der Waals surface area contributed by atoms with Crippen LogP contribution in [0.2, 0.25) is 0 Å². The predicted octanol–water partition coefficient (Wildman–Crippen LogP) is 1.94. The molecule has 3 atom stereocenters. The molecule has 1 rings (SSSR count). The fourth-order valence-corrected chi connectivity index (χ4v) is 3.23. The van der Waals surface area contributed by atoms with Gasteiger partial charge >= 0.3 is 0 Å². The molecule has 0 spiro atoms. The van der Waals surface area contributed by atoms with Gasteiger partial charge in [-0.3, -0.25) is 4.21 Å². The van der Waals surface area contributed by atoms with E-state index in [2.05, 4.69) is 13.8 Å². The Morgan fingerprint density at radius 2 is 2.30 bits per heavy atom. The largest absolute Gasteiger partial charge is 0.259 e. The van der Waals surface area contributed by atoms with Gasteiger partial charge in [-0.1, -0.05) is 20.3 Å². The van der Waals surface area contributed by atoms with E-state index in [4.69, 9.17) is 0 Å². The molecule has 0 aromatic rings. The lowest BCUT2D eigenvalue weighted by Gasteiger charge is -2.03. The van der Waals surface area contributed by atoms with Gasteiger partial charge in [0.15, 0.2) is 0 Å². The van der Waals surface area contributed by atoms with Gasteiger partial charge in [0, 0.05) is 21.8 Å². The third kappa shape index (κ3) is 1.82. The summed E-state index contributed by atoms with van der Waals surface area (Å²) in [4.78, 5) is 0. The molecule has 0 radical (unpaired) electrons. The standard InChI is InChI=1S/C8H16OS/c1-3-4-8-5-7(2)10(9)6-8/h7-8H,3-6H2,1-2H3. The number of hydrogen-bond donors (Lipinski definition) is 0. The van der Waals surface area contributed by atoms with E-state index < -0.39 is 10.8 Å². The smallest absolute Gasteiger partial charge is 0.0322 e. The maximum atomic E-state index is 11.2. The first-order valence-electron chi connectivity index (χ1n) is 4.11. The highest BCUT2D eigenvalue weighted by Crippen LogP contribution is 2.25. The summed E-state index contributed by atoms with van der Waals surface area (Å²) in [6, 6.07) is 0. The Balaban J connectivity index is 2.34. The lowest BCUT2D eigenvalue weighted by molar-refractivity contribution is 0.515. The normalized spacial score (nSPS) is 40.4. The van der Waals surface area contributed by atoms with Gasteiger partial charge in [-0.25, -0.2) is 0 Å². The van der Waals surface area contributed by atoms with Gasteiger partial charge in [0.2, 0.25) is 0 Å². The highest BCUT2D eigenvalue weighted by atomic mass is 32.2. The van der Waals surface area contributed by atoms with Crippen LogP contribution in [0.1, 0.15) is 33.1 Å². The molecule has 0 saturated carbocycles. The highest BCUT2D eigenvalue weighted by Gasteiger charge is 2.26. The summed E-state index contributed by atoms with van der Waals surface area (Å²) in [5, 5.41) is 0.469. The Bertz CT molecular complexity index is 133. The van der Waals surface area contributed by atoms with Gasteiger partial charge in [-0.15, -0.1) is 0 Å². The Labute approximate surface area is 65.7 Å². The Morgan fingerprint density at radius 1 is 1.60 bits per heavy atom. The van der Waals surface area contributed by atoms with Crippen LogP contribution >= 0.6 is 0 Å². The maximum Gasteiger partial charge on any atom is 0.0322 e. The third-order valence-electron chi connectivity index (χ3n) is 2.21. The van der Waals surface area contributed by atoms with Gasteiger partial charge in [-0.2, -0.15) is 0 Å². The van der Waals surface area contributed by atoms with E-state index in [9.17, 15) is 4.21 Å². The molecule has 0 aromatic carbocycles. The summed E-state index contributed by atoms with van der Waals surface area (Å²) in [6.45, 7) is 4.30. The van der Waals surface area contributed by atoms with Crippen molar-refractivity contribution < 1.29 is 4.21 Å². The molecule has 0 N–H and O–H groups in total. The minimum Gasteiger partial charge on any atom is -0.259 e. The summed E-state index contributed by atoms with van der Waals surface area (Å²) in [7, 11) is -0.499. The Hall–Kier alpha value is 0.150. The van der Waals surface area contributed by atoms with E-state index in [1.807, 2.05) is 0 Å². The van der Waals surface area contributed by atoms with Crippen LogP contribution < -0.4 is 0 Å². The molecule has 1 nitrogen and oxygen atoms in total. The van der Waals surface area contributed by atoms with E-state index in [1.165, 1.54) is 19.3 Å². The van der Waals surface area contributed by atoms with Crippen molar-refractivity contribution >= 4 is 10.8 Å². The molecule has 2 heteroatoms. The fraction of sp³-hybridized carbons (Fsp3) is 1.00. The minimum absolute atomic E-state index is 0.469. The van der Waals surface area contributed by atoms with Crippen molar-refractivity contribution in [3.63, 3.8) is 0 Å². The third-order valence-corrected chi connectivity index (χ3v) is 4.10. The Morgan fingerprint density at radius 3 is 2.70 bits per heavy atom. The van der Waals surface area contributed by atoms with E-state index in [0.717, 1.165) is 11.7 Å². The molecule has 1 aliphatic heterocycles. The highest BCUT2D eigenvalue weighted by molar-refractivity contribution is 7.85. The Kier molecular flexibility index (Phi) is 2.90. The van der Waals surface area contributed by atoms with E-state index in [0.29, 0.717) is 5.25 Å².